The van der Waals surface area contributed by atoms with Crippen LogP contribution in [0.25, 0.3) is 0 Å². The Morgan fingerprint density at radius 3 is 2.53 bits per heavy atom. The molecule has 1 heterocycles. The summed E-state index contributed by atoms with van der Waals surface area (Å²) >= 11 is 0. The minimum absolute atomic E-state index is 0. The molecule has 2 rings (SSSR count). The Morgan fingerprint density at radius 2 is 1.87 bits per heavy atom. The minimum atomic E-state index is -4.22. The summed E-state index contributed by atoms with van der Waals surface area (Å²) in [7, 11) is 0. The monoisotopic (exact) mass is 217 g/mol. The van der Waals surface area contributed by atoms with Gasteiger partial charge in [-0.15, -0.1) is 0 Å². The van der Waals surface area contributed by atoms with Crippen LogP contribution in [0.3, 0.4) is 0 Å². The predicted molar refractivity (Wildman–Crippen MR) is 53.6 cm³/mol. The van der Waals surface area contributed by atoms with Gasteiger partial charge in [0.1, 0.15) is 0 Å². The van der Waals surface area contributed by atoms with E-state index in [2.05, 4.69) is 5.32 Å². The highest BCUT2D eigenvalue weighted by Crippen LogP contribution is 2.31. The molecular formula is C11H14F3N. The average molecular weight is 217 g/mol. The van der Waals surface area contributed by atoms with Crippen LogP contribution in [-0.2, 0) is 19.1 Å². The van der Waals surface area contributed by atoms with Crippen molar-refractivity contribution in [2.24, 2.45) is 0 Å². The summed E-state index contributed by atoms with van der Waals surface area (Å²) in [6.07, 6.45) is -3.54. The summed E-state index contributed by atoms with van der Waals surface area (Å²) in [5, 5.41) is 3.12. The fraction of sp³-hybridized carbons (Fsp3) is 0.455. The molecule has 0 aliphatic carbocycles. The molecule has 1 aliphatic rings. The van der Waals surface area contributed by atoms with Gasteiger partial charge < -0.3 is 5.32 Å². The van der Waals surface area contributed by atoms with Gasteiger partial charge in [-0.3, -0.25) is 0 Å². The standard InChI is InChI=1S/C10H10F3N.CH4/c11-10(12,13)9-2-1-8-6-14-4-3-7(8)5-9;/h1-2,5,14H,3-4,6H2;1H4. The second kappa shape index (κ2) is 4.23. The molecule has 1 N–H and O–H groups in total. The Morgan fingerprint density at radius 1 is 1.13 bits per heavy atom. The van der Waals surface area contributed by atoms with Gasteiger partial charge in [0, 0.05) is 6.54 Å². The van der Waals surface area contributed by atoms with Crippen molar-refractivity contribution in [2.75, 3.05) is 6.54 Å². The highest BCUT2D eigenvalue weighted by molar-refractivity contribution is 5.34. The Kier molecular flexibility index (Phi) is 3.39. The molecule has 0 unspecified atom stereocenters. The Labute approximate surface area is 87.3 Å². The van der Waals surface area contributed by atoms with E-state index in [0.29, 0.717) is 13.0 Å². The van der Waals surface area contributed by atoms with Crippen LogP contribution < -0.4 is 5.32 Å². The van der Waals surface area contributed by atoms with Crippen LogP contribution in [0, 0.1) is 0 Å². The number of fused-ring (bicyclic) bond motifs is 1. The van der Waals surface area contributed by atoms with E-state index in [-0.39, 0.29) is 7.43 Å². The van der Waals surface area contributed by atoms with E-state index in [1.165, 1.54) is 6.07 Å². The first-order valence-corrected chi connectivity index (χ1v) is 4.47. The van der Waals surface area contributed by atoms with Gasteiger partial charge in [0.05, 0.1) is 5.56 Å². The van der Waals surface area contributed by atoms with Crippen LogP contribution in [0.15, 0.2) is 18.2 Å². The molecule has 15 heavy (non-hydrogen) atoms. The van der Waals surface area contributed by atoms with E-state index in [4.69, 9.17) is 0 Å². The third-order valence-corrected chi connectivity index (χ3v) is 2.42. The second-order valence-corrected chi connectivity index (χ2v) is 3.41. The summed E-state index contributed by atoms with van der Waals surface area (Å²) in [5.74, 6) is 0. The fourth-order valence-electron chi connectivity index (χ4n) is 1.65. The summed E-state index contributed by atoms with van der Waals surface area (Å²) in [6, 6.07) is 3.96. The molecule has 0 atom stereocenters. The largest absolute Gasteiger partial charge is 0.416 e. The maximum atomic E-state index is 12.3. The van der Waals surface area contributed by atoms with Crippen molar-refractivity contribution in [2.45, 2.75) is 26.6 Å². The normalized spacial score (nSPS) is 15.4. The summed E-state index contributed by atoms with van der Waals surface area (Å²) < 4.78 is 37.0. The first-order valence-electron chi connectivity index (χ1n) is 4.47. The minimum Gasteiger partial charge on any atom is -0.312 e. The lowest BCUT2D eigenvalue weighted by Gasteiger charge is -2.18. The average Bonchev–Trinajstić information content (AvgIpc) is 2.16. The van der Waals surface area contributed by atoms with Crippen molar-refractivity contribution >= 4 is 0 Å². The predicted octanol–water partition coefficient (Wildman–Crippen LogP) is 2.99. The maximum Gasteiger partial charge on any atom is 0.416 e. The number of halogens is 3. The van der Waals surface area contributed by atoms with E-state index in [0.717, 1.165) is 23.7 Å². The summed E-state index contributed by atoms with van der Waals surface area (Å²) in [5.41, 5.74) is 1.25. The quantitative estimate of drug-likeness (QED) is 0.704. The van der Waals surface area contributed by atoms with E-state index >= 15 is 0 Å². The smallest absolute Gasteiger partial charge is 0.312 e. The number of benzene rings is 1. The molecule has 1 aromatic rings. The van der Waals surface area contributed by atoms with Crippen LogP contribution in [0.2, 0.25) is 0 Å². The molecule has 0 aromatic heterocycles. The Hall–Kier alpha value is -1.03. The lowest BCUT2D eigenvalue weighted by molar-refractivity contribution is -0.137. The Balaban J connectivity index is 0.00000112. The first kappa shape index (κ1) is 12.0. The number of rotatable bonds is 0. The molecule has 0 spiro atoms. The van der Waals surface area contributed by atoms with Crippen molar-refractivity contribution < 1.29 is 13.2 Å². The van der Waals surface area contributed by atoms with Gasteiger partial charge in [0.25, 0.3) is 0 Å². The molecule has 84 valence electrons. The lowest BCUT2D eigenvalue weighted by Crippen LogP contribution is -2.24. The SMILES string of the molecule is C.FC(F)(F)c1ccc2c(c1)CCNC2. The molecular weight excluding hydrogens is 203 g/mol. The van der Waals surface area contributed by atoms with E-state index in [1.807, 2.05) is 0 Å². The van der Waals surface area contributed by atoms with Crippen molar-refractivity contribution in [3.05, 3.63) is 34.9 Å². The van der Waals surface area contributed by atoms with E-state index in [9.17, 15) is 13.2 Å². The molecule has 0 amide bonds. The van der Waals surface area contributed by atoms with Gasteiger partial charge in [-0.25, -0.2) is 0 Å². The third kappa shape index (κ3) is 2.50. The maximum absolute atomic E-state index is 12.3. The molecule has 0 radical (unpaired) electrons. The molecule has 0 fully saturated rings. The van der Waals surface area contributed by atoms with Crippen LogP contribution >= 0.6 is 0 Å². The van der Waals surface area contributed by atoms with Crippen molar-refractivity contribution in [1.29, 1.82) is 0 Å². The summed E-state index contributed by atoms with van der Waals surface area (Å²) in [4.78, 5) is 0. The Bertz CT molecular complexity index is 344. The number of nitrogens with one attached hydrogen (secondary N) is 1. The third-order valence-electron chi connectivity index (χ3n) is 2.42. The van der Waals surface area contributed by atoms with Crippen LogP contribution in [0.1, 0.15) is 24.1 Å². The molecule has 0 saturated carbocycles. The van der Waals surface area contributed by atoms with Gasteiger partial charge in [-0.2, -0.15) is 13.2 Å². The second-order valence-electron chi connectivity index (χ2n) is 3.41. The van der Waals surface area contributed by atoms with Gasteiger partial charge in [-0.1, -0.05) is 13.5 Å². The topological polar surface area (TPSA) is 12.0 Å². The number of alkyl halides is 3. The van der Waals surface area contributed by atoms with Gasteiger partial charge in [-0.05, 0) is 36.2 Å². The molecule has 1 nitrogen and oxygen atoms in total. The zero-order chi connectivity index (χ0) is 10.2. The van der Waals surface area contributed by atoms with Crippen molar-refractivity contribution in [3.8, 4) is 0 Å². The van der Waals surface area contributed by atoms with Crippen LogP contribution in [-0.4, -0.2) is 6.54 Å². The highest BCUT2D eigenvalue weighted by atomic mass is 19.4. The first-order chi connectivity index (χ1) is 6.57. The molecule has 0 bridgehead atoms. The zero-order valence-electron chi connectivity index (χ0n) is 7.49. The van der Waals surface area contributed by atoms with Crippen molar-refractivity contribution in [3.63, 3.8) is 0 Å². The van der Waals surface area contributed by atoms with E-state index < -0.39 is 11.7 Å². The van der Waals surface area contributed by atoms with Crippen molar-refractivity contribution in [1.82, 2.24) is 5.32 Å². The zero-order valence-corrected chi connectivity index (χ0v) is 7.49. The van der Waals surface area contributed by atoms with Gasteiger partial charge in [0.15, 0.2) is 0 Å². The molecule has 0 saturated heterocycles. The van der Waals surface area contributed by atoms with Gasteiger partial charge >= 0.3 is 6.18 Å². The number of hydrogen-bond donors (Lipinski definition) is 1. The van der Waals surface area contributed by atoms with Crippen LogP contribution in [0.4, 0.5) is 13.2 Å². The number of hydrogen-bond acceptors (Lipinski definition) is 1. The van der Waals surface area contributed by atoms with Crippen LogP contribution in [0.5, 0.6) is 0 Å². The molecule has 4 heteroatoms. The summed E-state index contributed by atoms with van der Waals surface area (Å²) in [6.45, 7) is 1.43. The molecule has 1 aliphatic heterocycles. The highest BCUT2D eigenvalue weighted by Gasteiger charge is 2.31. The fourth-order valence-corrected chi connectivity index (χ4v) is 1.65. The molecule has 1 aromatic carbocycles. The lowest BCUT2D eigenvalue weighted by atomic mass is 9.98. The van der Waals surface area contributed by atoms with Gasteiger partial charge in [0.2, 0.25) is 0 Å². The van der Waals surface area contributed by atoms with E-state index in [1.54, 1.807) is 6.07 Å².